The molecule has 6 nitrogen and oxygen atoms in total. The fourth-order valence-electron chi connectivity index (χ4n) is 4.26. The average molecular weight is 465 g/mol. The molecule has 0 unspecified atom stereocenters. The van der Waals surface area contributed by atoms with Crippen molar-refractivity contribution < 1.29 is 9.47 Å². The fourth-order valence-corrected chi connectivity index (χ4v) is 4.26. The Kier molecular flexibility index (Phi) is 9.15. The van der Waals surface area contributed by atoms with Crippen molar-refractivity contribution in [1.82, 2.24) is 9.80 Å². The van der Waals surface area contributed by atoms with Crippen LogP contribution in [0.4, 0.5) is 0 Å². The predicted molar refractivity (Wildman–Crippen MR) is 130 cm³/mol. The van der Waals surface area contributed by atoms with Gasteiger partial charge in [-0.15, -0.1) is 12.4 Å². The summed E-state index contributed by atoms with van der Waals surface area (Å²) in [5.74, 6) is 1.65. The van der Waals surface area contributed by atoms with Crippen molar-refractivity contribution in [3.8, 4) is 23.6 Å². The zero-order chi connectivity index (χ0) is 22.2. The van der Waals surface area contributed by atoms with Gasteiger partial charge >= 0.3 is 0 Å². The van der Waals surface area contributed by atoms with Gasteiger partial charge in [-0.25, -0.2) is 0 Å². The zero-order valence-corrected chi connectivity index (χ0v) is 19.5. The lowest BCUT2D eigenvalue weighted by atomic mass is 10.2. The molecule has 0 amide bonds. The lowest BCUT2D eigenvalue weighted by Crippen LogP contribution is -2.31. The molecule has 2 aliphatic heterocycles. The van der Waals surface area contributed by atoms with Crippen molar-refractivity contribution in [2.45, 2.75) is 12.8 Å². The third-order valence-corrected chi connectivity index (χ3v) is 5.90. The van der Waals surface area contributed by atoms with Crippen LogP contribution in [0.1, 0.15) is 24.0 Å². The molecule has 0 saturated heterocycles. The summed E-state index contributed by atoms with van der Waals surface area (Å²) in [6.07, 6.45) is 1.99. The molecule has 0 fully saturated rings. The maximum absolute atomic E-state index is 8.84. The molecule has 2 aliphatic rings. The predicted octanol–water partition coefficient (Wildman–Crippen LogP) is 4.02. The van der Waals surface area contributed by atoms with Crippen LogP contribution in [0.15, 0.2) is 59.7 Å². The molecule has 7 heteroatoms. The van der Waals surface area contributed by atoms with E-state index in [1.807, 2.05) is 24.3 Å². The Morgan fingerprint density at radius 1 is 0.636 bits per heavy atom. The van der Waals surface area contributed by atoms with E-state index in [4.69, 9.17) is 20.0 Å². The summed E-state index contributed by atoms with van der Waals surface area (Å²) in [6, 6.07) is 18.8. The Labute approximate surface area is 202 Å². The van der Waals surface area contributed by atoms with Crippen LogP contribution in [-0.4, -0.2) is 62.3 Å². The molecular formula is C26H29ClN4O2. The van der Waals surface area contributed by atoms with Crippen LogP contribution in [-0.2, 0) is 0 Å². The van der Waals surface area contributed by atoms with Crippen LogP contribution in [0, 0.1) is 22.7 Å². The first kappa shape index (κ1) is 24.6. The van der Waals surface area contributed by atoms with E-state index in [0.29, 0.717) is 24.3 Å². The summed E-state index contributed by atoms with van der Waals surface area (Å²) in [4.78, 5) is 5.02. The molecule has 0 bridgehead atoms. The number of ether oxygens (including phenoxy) is 2. The monoisotopic (exact) mass is 464 g/mol. The van der Waals surface area contributed by atoms with Gasteiger partial charge in [-0.05, 0) is 72.5 Å². The number of rotatable bonds is 10. The minimum absolute atomic E-state index is 0. The summed E-state index contributed by atoms with van der Waals surface area (Å²) in [6.45, 7) is 7.77. The summed E-state index contributed by atoms with van der Waals surface area (Å²) in [7, 11) is 0. The molecule has 0 saturated carbocycles. The van der Waals surface area contributed by atoms with Gasteiger partial charge < -0.3 is 9.47 Å². The largest absolute Gasteiger partial charge is 0.494 e. The van der Waals surface area contributed by atoms with Crippen LogP contribution in [0.3, 0.4) is 0 Å². The van der Waals surface area contributed by atoms with Crippen molar-refractivity contribution in [2.24, 2.45) is 0 Å². The first-order chi connectivity index (χ1) is 15.7. The number of nitrogens with zero attached hydrogens (tertiary/aromatic N) is 4. The third kappa shape index (κ3) is 6.97. The van der Waals surface area contributed by atoms with Gasteiger partial charge in [-0.2, -0.15) is 10.5 Å². The molecule has 2 aromatic carbocycles. The molecule has 0 spiro atoms. The van der Waals surface area contributed by atoms with Crippen molar-refractivity contribution in [3.63, 3.8) is 0 Å². The molecule has 0 radical (unpaired) electrons. The van der Waals surface area contributed by atoms with E-state index in [9.17, 15) is 0 Å². The van der Waals surface area contributed by atoms with Crippen LogP contribution in [0.2, 0.25) is 0 Å². The van der Waals surface area contributed by atoms with Gasteiger partial charge in [-0.3, -0.25) is 9.80 Å². The molecule has 0 aromatic heterocycles. The van der Waals surface area contributed by atoms with Crippen LogP contribution in [0.5, 0.6) is 11.5 Å². The molecule has 172 valence electrons. The highest BCUT2D eigenvalue weighted by Crippen LogP contribution is 2.25. The normalized spacial score (nSPS) is 15.5. The standard InChI is InChI=1S/C26H28N4O2.ClH/c27-15-21-3-7-25(8-4-21)31-13-1-11-29-17-23-19-30(20-24(23)18-29)12-2-14-32-26-9-5-22(16-28)6-10-26;/h3-10H,1-2,11-14,17-20H2;1H. The third-order valence-electron chi connectivity index (χ3n) is 5.90. The molecule has 4 rings (SSSR count). The van der Waals surface area contributed by atoms with Crippen molar-refractivity contribution in [1.29, 1.82) is 10.5 Å². The Hall–Kier alpha value is -3.03. The van der Waals surface area contributed by atoms with Crippen molar-refractivity contribution in [2.75, 3.05) is 52.5 Å². The van der Waals surface area contributed by atoms with Crippen LogP contribution >= 0.6 is 12.4 Å². The highest BCUT2D eigenvalue weighted by atomic mass is 35.5. The molecule has 2 heterocycles. The van der Waals surface area contributed by atoms with E-state index >= 15 is 0 Å². The van der Waals surface area contributed by atoms with Crippen molar-refractivity contribution in [3.05, 3.63) is 70.8 Å². The van der Waals surface area contributed by atoms with E-state index in [-0.39, 0.29) is 12.4 Å². The van der Waals surface area contributed by atoms with Gasteiger partial charge in [0.15, 0.2) is 0 Å². The molecular weight excluding hydrogens is 436 g/mol. The quantitative estimate of drug-likeness (QED) is 0.390. The van der Waals surface area contributed by atoms with Crippen LogP contribution in [0.25, 0.3) is 0 Å². The molecule has 0 aliphatic carbocycles. The fraction of sp³-hybridized carbons (Fsp3) is 0.385. The highest BCUT2D eigenvalue weighted by molar-refractivity contribution is 5.85. The van der Waals surface area contributed by atoms with Gasteiger partial charge in [-0.1, -0.05) is 0 Å². The van der Waals surface area contributed by atoms with E-state index < -0.39 is 0 Å². The molecule has 0 N–H and O–H groups in total. The lowest BCUT2D eigenvalue weighted by molar-refractivity contribution is 0.241. The van der Waals surface area contributed by atoms with E-state index in [0.717, 1.165) is 63.6 Å². The Bertz CT molecular complexity index is 923. The van der Waals surface area contributed by atoms with Gasteiger partial charge in [0, 0.05) is 39.3 Å². The number of hydrogen-bond acceptors (Lipinski definition) is 6. The second-order valence-electron chi connectivity index (χ2n) is 8.30. The summed E-state index contributed by atoms with van der Waals surface area (Å²) in [5.41, 5.74) is 4.49. The maximum Gasteiger partial charge on any atom is 0.119 e. The minimum Gasteiger partial charge on any atom is -0.494 e. The maximum atomic E-state index is 8.84. The first-order valence-corrected chi connectivity index (χ1v) is 11.1. The Morgan fingerprint density at radius 3 is 1.33 bits per heavy atom. The van der Waals surface area contributed by atoms with Gasteiger partial charge in [0.2, 0.25) is 0 Å². The summed E-state index contributed by atoms with van der Waals surface area (Å²) < 4.78 is 11.6. The Morgan fingerprint density at radius 2 is 1.00 bits per heavy atom. The van der Waals surface area contributed by atoms with E-state index in [2.05, 4.69) is 21.9 Å². The topological polar surface area (TPSA) is 72.5 Å². The highest BCUT2D eigenvalue weighted by Gasteiger charge is 2.29. The second-order valence-corrected chi connectivity index (χ2v) is 8.30. The second kappa shape index (κ2) is 12.3. The first-order valence-electron chi connectivity index (χ1n) is 11.1. The number of nitriles is 2. The minimum atomic E-state index is 0. The van der Waals surface area contributed by atoms with Gasteiger partial charge in [0.25, 0.3) is 0 Å². The molecule has 33 heavy (non-hydrogen) atoms. The lowest BCUT2D eigenvalue weighted by Gasteiger charge is -2.22. The zero-order valence-electron chi connectivity index (χ0n) is 18.7. The smallest absolute Gasteiger partial charge is 0.119 e. The van der Waals surface area contributed by atoms with Gasteiger partial charge in [0.1, 0.15) is 11.5 Å². The number of hydrogen-bond donors (Lipinski definition) is 0. The average Bonchev–Trinajstić information content (AvgIpc) is 3.39. The van der Waals surface area contributed by atoms with E-state index in [1.54, 1.807) is 35.4 Å². The number of benzene rings is 2. The van der Waals surface area contributed by atoms with E-state index in [1.165, 1.54) is 0 Å². The Balaban J connectivity index is 0.00000306. The summed E-state index contributed by atoms with van der Waals surface area (Å²) in [5, 5.41) is 17.7. The summed E-state index contributed by atoms with van der Waals surface area (Å²) >= 11 is 0. The van der Waals surface area contributed by atoms with Gasteiger partial charge in [0.05, 0.1) is 36.5 Å². The molecule has 2 aromatic rings. The molecule has 0 atom stereocenters. The number of halogens is 1. The SMILES string of the molecule is Cl.N#Cc1ccc(OCCCN2CC3=C(C2)CN(CCCOc2ccc(C#N)cc2)C3)cc1. The van der Waals surface area contributed by atoms with Crippen molar-refractivity contribution >= 4 is 12.4 Å². The van der Waals surface area contributed by atoms with Crippen LogP contribution < -0.4 is 9.47 Å².